The lowest BCUT2D eigenvalue weighted by Crippen LogP contribution is -2.20. The molecule has 0 bridgehead atoms. The van der Waals surface area contributed by atoms with Crippen molar-refractivity contribution in [3.05, 3.63) is 82.7 Å². The molecule has 0 heterocycles. The summed E-state index contributed by atoms with van der Waals surface area (Å²) in [4.78, 5) is 11.5. The molecule has 1 atom stereocenters. The quantitative estimate of drug-likeness (QED) is 0.341. The minimum atomic E-state index is -0.262. The largest absolute Gasteiger partial charge is 0.497 e. The van der Waals surface area contributed by atoms with Gasteiger partial charge in [0.2, 0.25) is 0 Å². The third kappa shape index (κ3) is 5.24. The highest BCUT2D eigenvalue weighted by atomic mass is 19.1. The van der Waals surface area contributed by atoms with E-state index in [1.165, 1.54) is 24.3 Å². The van der Waals surface area contributed by atoms with E-state index in [4.69, 9.17) is 14.2 Å². The predicted molar refractivity (Wildman–Crippen MR) is 131 cm³/mol. The molecular weight excluding hydrogens is 431 g/mol. The number of ether oxygens (including phenoxy) is 3. The van der Waals surface area contributed by atoms with Gasteiger partial charge in [0, 0.05) is 5.56 Å². The molecular formula is C29H31FO4. The summed E-state index contributed by atoms with van der Waals surface area (Å²) < 4.78 is 30.8. The van der Waals surface area contributed by atoms with E-state index in [9.17, 15) is 9.18 Å². The average molecular weight is 463 g/mol. The van der Waals surface area contributed by atoms with Crippen LogP contribution in [-0.4, -0.2) is 20.2 Å². The summed E-state index contributed by atoms with van der Waals surface area (Å²) in [7, 11) is 3.01. The first-order valence-electron chi connectivity index (χ1n) is 11.7. The highest BCUT2D eigenvalue weighted by Gasteiger charge is 2.28. The molecule has 0 aliphatic heterocycles. The van der Waals surface area contributed by atoms with Gasteiger partial charge in [-0.2, -0.15) is 0 Å². The number of benzene rings is 3. The molecule has 0 amide bonds. The maximum Gasteiger partial charge on any atom is 0.306 e. The van der Waals surface area contributed by atoms with Gasteiger partial charge in [-0.1, -0.05) is 38.1 Å². The van der Waals surface area contributed by atoms with Crippen molar-refractivity contribution in [2.45, 2.75) is 45.6 Å². The van der Waals surface area contributed by atoms with Gasteiger partial charge in [-0.25, -0.2) is 4.39 Å². The number of esters is 1. The van der Waals surface area contributed by atoms with Crippen LogP contribution in [-0.2, 0) is 29.0 Å². The van der Waals surface area contributed by atoms with Crippen LogP contribution in [0, 0.1) is 11.7 Å². The van der Waals surface area contributed by atoms with E-state index in [0.717, 1.165) is 35.3 Å². The Bertz CT molecular complexity index is 1180. The second-order valence-electron chi connectivity index (χ2n) is 9.27. The van der Waals surface area contributed by atoms with E-state index < -0.39 is 0 Å². The minimum Gasteiger partial charge on any atom is -0.497 e. The third-order valence-corrected chi connectivity index (χ3v) is 6.33. The highest BCUT2D eigenvalue weighted by Crippen LogP contribution is 2.40. The molecule has 0 fully saturated rings. The number of carbonyl (C=O) groups is 1. The molecule has 4 rings (SSSR count). The molecule has 0 N–H and O–H groups in total. The summed E-state index contributed by atoms with van der Waals surface area (Å²) in [6.07, 6.45) is 2.11. The smallest absolute Gasteiger partial charge is 0.306 e. The van der Waals surface area contributed by atoms with Crippen molar-refractivity contribution in [3.8, 4) is 22.6 Å². The van der Waals surface area contributed by atoms with Crippen molar-refractivity contribution in [1.82, 2.24) is 0 Å². The molecule has 5 heteroatoms. The highest BCUT2D eigenvalue weighted by molar-refractivity contribution is 5.71. The van der Waals surface area contributed by atoms with Crippen LogP contribution in [0.4, 0.5) is 4.39 Å². The monoisotopic (exact) mass is 462 g/mol. The Morgan fingerprint density at radius 3 is 2.50 bits per heavy atom. The maximum absolute atomic E-state index is 14.7. The van der Waals surface area contributed by atoms with E-state index in [1.54, 1.807) is 19.2 Å². The average Bonchev–Trinajstić information content (AvgIpc) is 2.81. The van der Waals surface area contributed by atoms with Crippen LogP contribution < -0.4 is 9.47 Å². The van der Waals surface area contributed by atoms with Crippen molar-refractivity contribution in [2.24, 2.45) is 5.92 Å². The number of fused-ring (bicyclic) bond motifs is 1. The number of methoxy groups -OCH3 is 2. The molecule has 34 heavy (non-hydrogen) atoms. The minimum absolute atomic E-state index is 0.176. The number of hydrogen-bond donors (Lipinski definition) is 0. The van der Waals surface area contributed by atoms with E-state index >= 15 is 0 Å². The predicted octanol–water partition coefficient (Wildman–Crippen LogP) is 6.48. The van der Waals surface area contributed by atoms with Gasteiger partial charge in [-0.05, 0) is 82.8 Å². The summed E-state index contributed by atoms with van der Waals surface area (Å²) in [6.45, 7) is 4.74. The van der Waals surface area contributed by atoms with Crippen molar-refractivity contribution < 1.29 is 23.4 Å². The fraction of sp³-hybridized carbons (Fsp3) is 0.345. The number of halogens is 1. The summed E-state index contributed by atoms with van der Waals surface area (Å²) in [5, 5.41) is 0. The Morgan fingerprint density at radius 1 is 1.00 bits per heavy atom. The third-order valence-electron chi connectivity index (χ3n) is 6.33. The summed E-state index contributed by atoms with van der Waals surface area (Å²) >= 11 is 0. The van der Waals surface area contributed by atoms with Gasteiger partial charge in [0.25, 0.3) is 0 Å². The first-order chi connectivity index (χ1) is 16.4. The number of carbonyl (C=O) groups excluding carboxylic acids is 1. The SMILES string of the molecule is COC(=O)C[C@H]1Cc2cc(OCc3ccc(-c4cc(OC)ccc4F)c(CC(C)C)c3)ccc21. The molecule has 0 saturated carbocycles. The summed E-state index contributed by atoms with van der Waals surface area (Å²) in [5.74, 6) is 1.67. The number of hydrogen-bond acceptors (Lipinski definition) is 4. The van der Waals surface area contributed by atoms with Gasteiger partial charge in [0.1, 0.15) is 23.9 Å². The molecule has 3 aromatic carbocycles. The molecule has 0 aromatic heterocycles. The molecule has 0 spiro atoms. The molecule has 0 unspecified atom stereocenters. The Labute approximate surface area is 200 Å². The molecule has 178 valence electrons. The van der Waals surface area contributed by atoms with Crippen LogP contribution in [0.3, 0.4) is 0 Å². The van der Waals surface area contributed by atoms with Gasteiger partial charge in [-0.15, -0.1) is 0 Å². The maximum atomic E-state index is 14.7. The van der Waals surface area contributed by atoms with Crippen LogP contribution in [0.25, 0.3) is 11.1 Å². The van der Waals surface area contributed by atoms with Gasteiger partial charge < -0.3 is 14.2 Å². The van der Waals surface area contributed by atoms with Crippen LogP contribution in [0.15, 0.2) is 54.6 Å². The lowest BCUT2D eigenvalue weighted by Gasteiger charge is -2.29. The zero-order chi connectivity index (χ0) is 24.2. The number of rotatable bonds is 9. The van der Waals surface area contributed by atoms with E-state index in [1.807, 2.05) is 24.3 Å². The van der Waals surface area contributed by atoms with Gasteiger partial charge in [0.15, 0.2) is 0 Å². The first-order valence-corrected chi connectivity index (χ1v) is 11.7. The van der Waals surface area contributed by atoms with Crippen LogP contribution in [0.2, 0.25) is 0 Å². The molecule has 1 aliphatic carbocycles. The molecule has 3 aromatic rings. The van der Waals surface area contributed by atoms with E-state index in [0.29, 0.717) is 30.3 Å². The van der Waals surface area contributed by atoms with E-state index in [-0.39, 0.29) is 17.7 Å². The second-order valence-corrected chi connectivity index (χ2v) is 9.27. The van der Waals surface area contributed by atoms with E-state index in [2.05, 4.69) is 26.0 Å². The van der Waals surface area contributed by atoms with Gasteiger partial charge in [0.05, 0.1) is 20.6 Å². The molecule has 0 saturated heterocycles. The topological polar surface area (TPSA) is 44.8 Å². The first kappa shape index (κ1) is 23.8. The molecule has 1 aliphatic rings. The zero-order valence-corrected chi connectivity index (χ0v) is 20.2. The molecule has 0 radical (unpaired) electrons. The zero-order valence-electron chi connectivity index (χ0n) is 20.2. The Morgan fingerprint density at radius 2 is 1.79 bits per heavy atom. The van der Waals surface area contributed by atoms with Crippen LogP contribution in [0.1, 0.15) is 48.4 Å². The fourth-order valence-corrected chi connectivity index (χ4v) is 4.57. The fourth-order valence-electron chi connectivity index (χ4n) is 4.57. The van der Waals surface area contributed by atoms with Crippen LogP contribution in [0.5, 0.6) is 11.5 Å². The Balaban J connectivity index is 1.50. The standard InChI is InChI=1S/C29H31FO4/c1-18(2)11-20-12-19(5-8-26(20)27-16-23(32-3)7-10-28(27)30)17-34-24-6-9-25-21(14-24)13-22(25)15-29(31)33-4/h5-10,12,14,16,18,22H,11,13,15,17H2,1-4H3/t22-/m1/s1. The normalized spacial score (nSPS) is 14.4. The van der Waals surface area contributed by atoms with Crippen LogP contribution >= 0.6 is 0 Å². The summed E-state index contributed by atoms with van der Waals surface area (Å²) in [6, 6.07) is 17.0. The summed E-state index contributed by atoms with van der Waals surface area (Å²) in [5.41, 5.74) is 5.97. The second kappa shape index (κ2) is 10.3. The Hall–Kier alpha value is -3.34. The lowest BCUT2D eigenvalue weighted by atomic mass is 9.76. The van der Waals surface area contributed by atoms with Crippen molar-refractivity contribution >= 4 is 5.97 Å². The Kier molecular flexibility index (Phi) is 7.20. The van der Waals surface area contributed by atoms with Crippen molar-refractivity contribution in [2.75, 3.05) is 14.2 Å². The van der Waals surface area contributed by atoms with Crippen molar-refractivity contribution in [3.63, 3.8) is 0 Å². The van der Waals surface area contributed by atoms with Crippen molar-refractivity contribution in [1.29, 1.82) is 0 Å². The lowest BCUT2D eigenvalue weighted by molar-refractivity contribution is -0.141. The van der Waals surface area contributed by atoms with Gasteiger partial charge in [-0.3, -0.25) is 4.79 Å². The van der Waals surface area contributed by atoms with Gasteiger partial charge >= 0.3 is 5.97 Å². The molecule has 4 nitrogen and oxygen atoms in total.